The lowest BCUT2D eigenvalue weighted by Crippen LogP contribution is -2.05. The van der Waals surface area contributed by atoms with E-state index in [0.717, 1.165) is 16.7 Å². The Balaban J connectivity index is 1.88. The molecule has 0 saturated heterocycles. The number of H-pyrrole nitrogens is 1. The number of carbonyl (C=O) groups excluding carboxylic acids is 1. The van der Waals surface area contributed by atoms with Crippen LogP contribution in [-0.4, -0.2) is 36.8 Å². The molecule has 2 N–H and O–H groups in total. The molecule has 1 aromatic heterocycles. The topological polar surface area (TPSA) is 85.5 Å². The molecule has 0 fully saturated rings. The van der Waals surface area contributed by atoms with Crippen molar-refractivity contribution in [2.24, 2.45) is 0 Å². The highest BCUT2D eigenvalue weighted by Gasteiger charge is 2.11. The summed E-state index contributed by atoms with van der Waals surface area (Å²) in [5.41, 5.74) is 2.75. The molecule has 0 aliphatic rings. The van der Waals surface area contributed by atoms with Crippen molar-refractivity contribution in [3.05, 3.63) is 42.0 Å². The summed E-state index contributed by atoms with van der Waals surface area (Å²) in [4.78, 5) is 19.5. The first-order valence-electron chi connectivity index (χ1n) is 7.80. The minimum atomic E-state index is -0.356. The first kappa shape index (κ1) is 16.6. The number of benzene rings is 2. The number of esters is 1. The SMILES string of the molecule is CCOC(=O)c1cccc(Nc2nc3cc(OC)c(OC)cc3[nH]2)c1. The molecule has 0 amide bonds. The molecule has 0 spiro atoms. The second kappa shape index (κ2) is 7.12. The molecular formula is C18H19N3O4. The zero-order chi connectivity index (χ0) is 17.8. The van der Waals surface area contributed by atoms with E-state index in [1.165, 1.54) is 0 Å². The van der Waals surface area contributed by atoms with Gasteiger partial charge in [-0.2, -0.15) is 0 Å². The number of methoxy groups -OCH3 is 2. The Bertz CT molecular complexity index is 863. The second-order valence-corrected chi connectivity index (χ2v) is 5.24. The van der Waals surface area contributed by atoms with E-state index in [1.807, 2.05) is 12.1 Å². The minimum absolute atomic E-state index is 0.337. The summed E-state index contributed by atoms with van der Waals surface area (Å²) in [7, 11) is 3.16. The average molecular weight is 341 g/mol. The zero-order valence-electron chi connectivity index (χ0n) is 14.3. The number of hydrogen-bond donors (Lipinski definition) is 2. The van der Waals surface area contributed by atoms with Crippen LogP contribution in [0.15, 0.2) is 36.4 Å². The number of hydrogen-bond acceptors (Lipinski definition) is 6. The molecule has 130 valence electrons. The summed E-state index contributed by atoms with van der Waals surface area (Å²) in [6, 6.07) is 10.7. The number of imidazole rings is 1. The number of ether oxygens (including phenoxy) is 3. The maximum Gasteiger partial charge on any atom is 0.338 e. The second-order valence-electron chi connectivity index (χ2n) is 5.24. The Morgan fingerprint density at radius 3 is 2.64 bits per heavy atom. The van der Waals surface area contributed by atoms with Crippen molar-refractivity contribution in [2.45, 2.75) is 6.92 Å². The van der Waals surface area contributed by atoms with E-state index in [0.29, 0.717) is 29.6 Å². The van der Waals surface area contributed by atoms with Gasteiger partial charge in [-0.25, -0.2) is 9.78 Å². The van der Waals surface area contributed by atoms with Gasteiger partial charge in [0.1, 0.15) is 0 Å². The van der Waals surface area contributed by atoms with Crippen LogP contribution in [0.3, 0.4) is 0 Å². The van der Waals surface area contributed by atoms with E-state index in [4.69, 9.17) is 14.2 Å². The Morgan fingerprint density at radius 1 is 1.16 bits per heavy atom. The van der Waals surface area contributed by atoms with Crippen molar-refractivity contribution in [2.75, 3.05) is 26.1 Å². The lowest BCUT2D eigenvalue weighted by atomic mass is 10.2. The average Bonchev–Trinajstić information content (AvgIpc) is 3.01. The summed E-state index contributed by atoms with van der Waals surface area (Å²) < 4.78 is 15.6. The maximum absolute atomic E-state index is 11.8. The van der Waals surface area contributed by atoms with Gasteiger partial charge < -0.3 is 24.5 Å². The minimum Gasteiger partial charge on any atom is -0.493 e. The van der Waals surface area contributed by atoms with Crippen LogP contribution in [0.2, 0.25) is 0 Å². The highest BCUT2D eigenvalue weighted by atomic mass is 16.5. The van der Waals surface area contributed by atoms with E-state index in [1.54, 1.807) is 45.4 Å². The Labute approximate surface area is 144 Å². The highest BCUT2D eigenvalue weighted by molar-refractivity contribution is 5.91. The molecule has 0 aliphatic carbocycles. The number of aromatic amines is 1. The standard InChI is InChI=1S/C18H19N3O4/c1-4-25-17(22)11-6-5-7-12(8-11)19-18-20-13-9-15(23-2)16(24-3)10-14(13)21-18/h5-10H,4H2,1-3H3,(H2,19,20,21). The van der Waals surface area contributed by atoms with Crippen molar-refractivity contribution in [3.8, 4) is 11.5 Å². The van der Waals surface area contributed by atoms with Crippen LogP contribution in [-0.2, 0) is 4.74 Å². The number of nitrogens with zero attached hydrogens (tertiary/aromatic N) is 1. The molecule has 7 heteroatoms. The van der Waals surface area contributed by atoms with Gasteiger partial charge in [-0.3, -0.25) is 0 Å². The molecule has 0 unspecified atom stereocenters. The van der Waals surface area contributed by atoms with Gasteiger partial charge in [0.05, 0.1) is 37.4 Å². The van der Waals surface area contributed by atoms with Gasteiger partial charge in [-0.05, 0) is 25.1 Å². The summed E-state index contributed by atoms with van der Waals surface area (Å²) in [5.74, 6) is 1.42. The molecule has 1 heterocycles. The van der Waals surface area contributed by atoms with Gasteiger partial charge in [-0.1, -0.05) is 6.07 Å². The van der Waals surface area contributed by atoms with Gasteiger partial charge in [0, 0.05) is 17.8 Å². The van der Waals surface area contributed by atoms with E-state index in [9.17, 15) is 4.79 Å². The fraction of sp³-hybridized carbons (Fsp3) is 0.222. The summed E-state index contributed by atoms with van der Waals surface area (Å²) in [6.07, 6.45) is 0. The molecule has 0 atom stereocenters. The van der Waals surface area contributed by atoms with Crippen molar-refractivity contribution in [3.63, 3.8) is 0 Å². The number of rotatable bonds is 6. The van der Waals surface area contributed by atoms with E-state index in [2.05, 4.69) is 15.3 Å². The third-order valence-corrected chi connectivity index (χ3v) is 3.62. The van der Waals surface area contributed by atoms with Crippen LogP contribution in [0.25, 0.3) is 11.0 Å². The largest absolute Gasteiger partial charge is 0.493 e. The van der Waals surface area contributed by atoms with Crippen molar-refractivity contribution in [1.82, 2.24) is 9.97 Å². The van der Waals surface area contributed by atoms with E-state index >= 15 is 0 Å². The number of fused-ring (bicyclic) bond motifs is 1. The van der Waals surface area contributed by atoms with Gasteiger partial charge in [0.2, 0.25) is 5.95 Å². The van der Waals surface area contributed by atoms with Crippen molar-refractivity contribution in [1.29, 1.82) is 0 Å². The molecule has 2 aromatic carbocycles. The molecule has 0 aliphatic heterocycles. The molecule has 3 aromatic rings. The quantitative estimate of drug-likeness (QED) is 0.668. The first-order chi connectivity index (χ1) is 12.1. The Morgan fingerprint density at radius 2 is 1.92 bits per heavy atom. The normalized spacial score (nSPS) is 10.5. The number of anilines is 2. The molecule has 0 bridgehead atoms. The highest BCUT2D eigenvalue weighted by Crippen LogP contribution is 2.32. The Hall–Kier alpha value is -3.22. The summed E-state index contributed by atoms with van der Waals surface area (Å²) in [6.45, 7) is 2.11. The molecule has 0 saturated carbocycles. The maximum atomic E-state index is 11.8. The van der Waals surface area contributed by atoms with Gasteiger partial charge >= 0.3 is 5.97 Å². The molecule has 3 rings (SSSR count). The number of carbonyl (C=O) groups is 1. The molecule has 7 nitrogen and oxygen atoms in total. The fourth-order valence-corrected chi connectivity index (χ4v) is 2.47. The van der Waals surface area contributed by atoms with E-state index < -0.39 is 0 Å². The smallest absolute Gasteiger partial charge is 0.338 e. The fourth-order valence-electron chi connectivity index (χ4n) is 2.47. The van der Waals surface area contributed by atoms with Crippen LogP contribution in [0, 0.1) is 0 Å². The van der Waals surface area contributed by atoms with Crippen LogP contribution in [0.1, 0.15) is 17.3 Å². The van der Waals surface area contributed by atoms with E-state index in [-0.39, 0.29) is 5.97 Å². The van der Waals surface area contributed by atoms with Crippen LogP contribution < -0.4 is 14.8 Å². The summed E-state index contributed by atoms with van der Waals surface area (Å²) in [5, 5.41) is 3.15. The molecule has 25 heavy (non-hydrogen) atoms. The lowest BCUT2D eigenvalue weighted by Gasteiger charge is -2.06. The molecular weight excluding hydrogens is 322 g/mol. The van der Waals surface area contributed by atoms with Gasteiger partial charge in [0.25, 0.3) is 0 Å². The third kappa shape index (κ3) is 3.50. The number of nitrogens with one attached hydrogen (secondary N) is 2. The lowest BCUT2D eigenvalue weighted by molar-refractivity contribution is 0.0526. The zero-order valence-corrected chi connectivity index (χ0v) is 14.3. The monoisotopic (exact) mass is 341 g/mol. The van der Waals surface area contributed by atoms with Gasteiger partial charge in [-0.15, -0.1) is 0 Å². The number of aromatic nitrogens is 2. The van der Waals surface area contributed by atoms with Crippen LogP contribution >= 0.6 is 0 Å². The van der Waals surface area contributed by atoms with Crippen molar-refractivity contribution < 1.29 is 19.0 Å². The first-order valence-corrected chi connectivity index (χ1v) is 7.80. The third-order valence-electron chi connectivity index (χ3n) is 3.62. The van der Waals surface area contributed by atoms with Gasteiger partial charge in [0.15, 0.2) is 11.5 Å². The van der Waals surface area contributed by atoms with Crippen LogP contribution in [0.5, 0.6) is 11.5 Å². The predicted octanol–water partition coefficient (Wildman–Crippen LogP) is 3.50. The summed E-state index contributed by atoms with van der Waals surface area (Å²) >= 11 is 0. The molecule has 0 radical (unpaired) electrons. The van der Waals surface area contributed by atoms with Crippen LogP contribution in [0.4, 0.5) is 11.6 Å². The van der Waals surface area contributed by atoms with Crippen molar-refractivity contribution >= 4 is 28.6 Å². The Kier molecular flexibility index (Phi) is 4.74. The predicted molar refractivity (Wildman–Crippen MR) is 94.9 cm³/mol.